The topological polar surface area (TPSA) is 52.6 Å². The molecule has 2 rings (SSSR count). The average Bonchev–Trinajstić information content (AvgIpc) is 2.52. The number of hydrogen-bond acceptors (Lipinski definition) is 4. The monoisotopic (exact) mass is 404 g/mol. The summed E-state index contributed by atoms with van der Waals surface area (Å²) in [7, 11) is -8.01. The van der Waals surface area contributed by atoms with Crippen LogP contribution in [-0.4, -0.2) is 22.0 Å². The van der Waals surface area contributed by atoms with Gasteiger partial charge < -0.3 is 8.92 Å². The molecule has 0 aliphatic heterocycles. The first-order valence-electron chi connectivity index (χ1n) is 7.73. The van der Waals surface area contributed by atoms with E-state index < -0.39 is 23.7 Å². The van der Waals surface area contributed by atoms with E-state index in [0.717, 1.165) is 5.56 Å². The zero-order chi connectivity index (χ0) is 19.6. The fourth-order valence-corrected chi connectivity index (χ4v) is 4.21. The number of alkyl halides is 3. The summed E-state index contributed by atoms with van der Waals surface area (Å²) in [5.41, 5.74) is -4.73. The first-order chi connectivity index (χ1) is 11.9. The molecule has 0 N–H and O–H groups in total. The van der Waals surface area contributed by atoms with Crippen molar-refractivity contribution in [3.8, 4) is 11.5 Å². The molecule has 2 aromatic rings. The van der Waals surface area contributed by atoms with Crippen molar-refractivity contribution < 1.29 is 30.5 Å². The molecular formula is C17H19F3O4SSi. The minimum atomic E-state index is -5.80. The molecule has 0 heterocycles. The highest BCUT2D eigenvalue weighted by atomic mass is 32.2. The predicted molar refractivity (Wildman–Crippen MR) is 95.8 cm³/mol. The first-order valence-corrected chi connectivity index (χ1v) is 12.6. The van der Waals surface area contributed by atoms with Crippen molar-refractivity contribution in [2.45, 2.75) is 31.8 Å². The lowest BCUT2D eigenvalue weighted by atomic mass is 10.2. The highest BCUT2D eigenvalue weighted by Crippen LogP contribution is 2.33. The highest BCUT2D eigenvalue weighted by molar-refractivity contribution is 7.88. The van der Waals surface area contributed by atoms with Crippen LogP contribution in [0.1, 0.15) is 5.56 Å². The number of ether oxygens (including phenoxy) is 1. The number of halogens is 3. The Morgan fingerprint density at radius 2 is 1.58 bits per heavy atom. The van der Waals surface area contributed by atoms with Gasteiger partial charge in [0.05, 0.1) is 8.07 Å². The van der Waals surface area contributed by atoms with E-state index in [0.29, 0.717) is 5.19 Å². The Labute approximate surface area is 151 Å². The van der Waals surface area contributed by atoms with E-state index in [1.165, 1.54) is 6.07 Å². The van der Waals surface area contributed by atoms with Crippen LogP contribution in [0.2, 0.25) is 19.6 Å². The third kappa shape index (κ3) is 4.79. The molecule has 2 aromatic carbocycles. The van der Waals surface area contributed by atoms with Crippen LogP contribution in [0.4, 0.5) is 13.2 Å². The van der Waals surface area contributed by atoms with Gasteiger partial charge in [0.25, 0.3) is 0 Å². The Morgan fingerprint density at radius 3 is 2.12 bits per heavy atom. The summed E-state index contributed by atoms with van der Waals surface area (Å²) >= 11 is 0. The summed E-state index contributed by atoms with van der Waals surface area (Å²) in [5, 5.41) is 0.427. The molecule has 0 fully saturated rings. The molecule has 4 nitrogen and oxygen atoms in total. The van der Waals surface area contributed by atoms with Crippen LogP contribution < -0.4 is 14.1 Å². The van der Waals surface area contributed by atoms with Gasteiger partial charge in [-0.25, -0.2) is 0 Å². The Morgan fingerprint density at radius 1 is 0.962 bits per heavy atom. The zero-order valence-corrected chi connectivity index (χ0v) is 16.3. The van der Waals surface area contributed by atoms with E-state index in [1.807, 2.05) is 25.7 Å². The maximum Gasteiger partial charge on any atom is 0.534 e. The summed E-state index contributed by atoms with van der Waals surface area (Å²) in [5.74, 6) is -0.429. The summed E-state index contributed by atoms with van der Waals surface area (Å²) in [6.07, 6.45) is 0. The fourth-order valence-electron chi connectivity index (χ4n) is 2.20. The van der Waals surface area contributed by atoms with Crippen LogP contribution in [0.15, 0.2) is 48.5 Å². The lowest BCUT2D eigenvalue weighted by molar-refractivity contribution is -0.0500. The third-order valence-electron chi connectivity index (χ3n) is 3.50. The van der Waals surface area contributed by atoms with Gasteiger partial charge in [0.2, 0.25) is 0 Å². The third-order valence-corrected chi connectivity index (χ3v) is 6.46. The summed E-state index contributed by atoms with van der Waals surface area (Å²) in [6, 6.07) is 13.6. The second-order valence-electron chi connectivity index (χ2n) is 6.64. The smallest absolute Gasteiger partial charge is 0.485 e. The van der Waals surface area contributed by atoms with Crippen molar-refractivity contribution in [1.82, 2.24) is 0 Å². The van der Waals surface area contributed by atoms with Gasteiger partial charge in [-0.1, -0.05) is 62.1 Å². The van der Waals surface area contributed by atoms with Crippen molar-refractivity contribution in [3.63, 3.8) is 0 Å². The van der Waals surface area contributed by atoms with Gasteiger partial charge >= 0.3 is 15.6 Å². The van der Waals surface area contributed by atoms with Crippen molar-refractivity contribution in [2.75, 3.05) is 0 Å². The van der Waals surface area contributed by atoms with Crippen molar-refractivity contribution in [2.24, 2.45) is 0 Å². The average molecular weight is 404 g/mol. The second kappa shape index (κ2) is 7.32. The number of benzene rings is 2. The predicted octanol–water partition coefficient (Wildman–Crippen LogP) is 4.04. The molecule has 0 saturated carbocycles. The quantitative estimate of drug-likeness (QED) is 0.414. The number of rotatable bonds is 6. The van der Waals surface area contributed by atoms with E-state index in [2.05, 4.69) is 4.18 Å². The number of hydrogen-bond donors (Lipinski definition) is 0. The lowest BCUT2D eigenvalue weighted by Crippen LogP contribution is -2.40. The van der Waals surface area contributed by atoms with E-state index in [4.69, 9.17) is 4.74 Å². The second-order valence-corrected chi connectivity index (χ2v) is 13.2. The van der Waals surface area contributed by atoms with Crippen molar-refractivity contribution in [3.05, 3.63) is 54.1 Å². The van der Waals surface area contributed by atoms with Crippen LogP contribution in [0.3, 0.4) is 0 Å². The molecule has 0 radical (unpaired) electrons. The van der Waals surface area contributed by atoms with Crippen LogP contribution in [0, 0.1) is 0 Å². The molecule has 0 aliphatic rings. The van der Waals surface area contributed by atoms with Crippen LogP contribution in [-0.2, 0) is 16.7 Å². The first kappa shape index (κ1) is 20.3. The zero-order valence-electron chi connectivity index (χ0n) is 14.5. The van der Waals surface area contributed by atoms with Gasteiger partial charge in [-0.3, -0.25) is 0 Å². The summed E-state index contributed by atoms with van der Waals surface area (Å²) < 4.78 is 71.5. The number of para-hydroxylation sites is 1. The van der Waals surface area contributed by atoms with Crippen molar-refractivity contribution >= 4 is 23.4 Å². The minimum absolute atomic E-state index is 0.0402. The summed E-state index contributed by atoms with van der Waals surface area (Å²) in [6.45, 7) is 5.68. The van der Waals surface area contributed by atoms with Crippen LogP contribution in [0.5, 0.6) is 11.5 Å². The van der Waals surface area contributed by atoms with Gasteiger partial charge in [0.15, 0.2) is 11.5 Å². The molecule has 9 heteroatoms. The normalized spacial score (nSPS) is 12.7. The van der Waals surface area contributed by atoms with Gasteiger partial charge in [0.1, 0.15) is 6.61 Å². The molecule has 0 amide bonds. The van der Waals surface area contributed by atoms with Crippen LogP contribution >= 0.6 is 0 Å². The fraction of sp³-hybridized carbons (Fsp3) is 0.294. The minimum Gasteiger partial charge on any atom is -0.485 e. The molecule has 0 saturated heterocycles. The Kier molecular flexibility index (Phi) is 5.72. The van der Waals surface area contributed by atoms with Crippen LogP contribution in [0.25, 0.3) is 0 Å². The molecule has 0 spiro atoms. The molecule has 0 unspecified atom stereocenters. The Balaban J connectivity index is 2.45. The van der Waals surface area contributed by atoms with Gasteiger partial charge in [0, 0.05) is 0 Å². The molecule has 0 bridgehead atoms. The van der Waals surface area contributed by atoms with Gasteiger partial charge in [-0.2, -0.15) is 21.6 Å². The molecule has 0 aliphatic carbocycles. The Bertz CT molecular complexity index is 860. The Hall–Kier alpha value is -2.00. The molecule has 26 heavy (non-hydrogen) atoms. The van der Waals surface area contributed by atoms with E-state index >= 15 is 0 Å². The lowest BCUT2D eigenvalue weighted by Gasteiger charge is -2.23. The largest absolute Gasteiger partial charge is 0.534 e. The summed E-state index contributed by atoms with van der Waals surface area (Å²) in [4.78, 5) is 0. The maximum atomic E-state index is 12.8. The van der Waals surface area contributed by atoms with E-state index in [1.54, 1.807) is 36.4 Å². The van der Waals surface area contributed by atoms with Gasteiger partial charge in [-0.15, -0.1) is 0 Å². The van der Waals surface area contributed by atoms with Gasteiger partial charge in [-0.05, 0) is 16.8 Å². The van der Waals surface area contributed by atoms with E-state index in [-0.39, 0.29) is 18.1 Å². The molecule has 142 valence electrons. The highest BCUT2D eigenvalue weighted by Gasteiger charge is 2.49. The van der Waals surface area contributed by atoms with E-state index in [9.17, 15) is 21.6 Å². The van der Waals surface area contributed by atoms with Crippen molar-refractivity contribution in [1.29, 1.82) is 0 Å². The maximum absolute atomic E-state index is 12.8. The molecular weight excluding hydrogens is 385 g/mol. The standard InChI is InChI=1S/C17H19F3O4SSi/c1-26(2,3)15-11-7-10-14(23-12-13-8-5-4-6-9-13)16(15)24-25(21,22)17(18,19)20/h4-11H,12H2,1-3H3. The molecule has 0 aromatic heterocycles. The SMILES string of the molecule is C[Si](C)(C)c1cccc(OCc2ccccc2)c1OS(=O)(=O)C(F)(F)F. The molecule has 0 atom stereocenters.